The average Bonchev–Trinajstić information content (AvgIpc) is 2.92. The Morgan fingerprint density at radius 1 is 1.37 bits per heavy atom. The van der Waals surface area contributed by atoms with Gasteiger partial charge in [0.25, 0.3) is 0 Å². The molecule has 0 saturated heterocycles. The van der Waals surface area contributed by atoms with Gasteiger partial charge >= 0.3 is 0 Å². The van der Waals surface area contributed by atoms with E-state index in [2.05, 4.69) is 20.5 Å². The van der Waals surface area contributed by atoms with Crippen molar-refractivity contribution < 1.29 is 0 Å². The van der Waals surface area contributed by atoms with Crippen molar-refractivity contribution in [3.8, 4) is 0 Å². The minimum atomic E-state index is 0.551. The maximum Gasteiger partial charge on any atom is 0.243 e. The van der Waals surface area contributed by atoms with Gasteiger partial charge in [0.05, 0.1) is 6.20 Å². The summed E-state index contributed by atoms with van der Waals surface area (Å²) >= 11 is 0. The number of nitrogens with two attached hydrogens (primary N) is 1. The number of anilines is 2. The Balaban J connectivity index is 1.80. The minimum absolute atomic E-state index is 0.551. The maximum atomic E-state index is 5.88. The van der Waals surface area contributed by atoms with E-state index in [1.165, 1.54) is 0 Å². The van der Waals surface area contributed by atoms with Gasteiger partial charge in [-0.15, -0.1) is 5.10 Å². The number of nitrogens with one attached hydrogen (secondary N) is 1. The van der Waals surface area contributed by atoms with E-state index >= 15 is 0 Å². The SMILES string of the molecule is Cc1ccc2nc(NCc3cnn(C)c3N)nn2c1. The Morgan fingerprint density at radius 3 is 2.95 bits per heavy atom. The molecule has 0 bridgehead atoms. The van der Waals surface area contributed by atoms with Crippen LogP contribution in [0, 0.1) is 6.92 Å². The molecule has 0 spiro atoms. The Labute approximate surface area is 110 Å². The second kappa shape index (κ2) is 4.27. The van der Waals surface area contributed by atoms with Crippen molar-refractivity contribution in [3.63, 3.8) is 0 Å². The van der Waals surface area contributed by atoms with Gasteiger partial charge in [-0.3, -0.25) is 4.68 Å². The van der Waals surface area contributed by atoms with Crippen LogP contribution in [0.4, 0.5) is 11.8 Å². The lowest BCUT2D eigenvalue weighted by Crippen LogP contribution is -2.05. The molecule has 0 saturated carbocycles. The third kappa shape index (κ3) is 2.10. The smallest absolute Gasteiger partial charge is 0.243 e. The molecule has 0 atom stereocenters. The molecular formula is C12H15N7. The second-order valence-corrected chi connectivity index (χ2v) is 4.48. The molecule has 3 aromatic heterocycles. The van der Waals surface area contributed by atoms with Crippen LogP contribution < -0.4 is 11.1 Å². The van der Waals surface area contributed by atoms with Crippen LogP contribution in [0.25, 0.3) is 5.65 Å². The Kier molecular flexibility index (Phi) is 2.59. The van der Waals surface area contributed by atoms with Gasteiger partial charge in [0.15, 0.2) is 5.65 Å². The van der Waals surface area contributed by atoms with Crippen molar-refractivity contribution >= 4 is 17.4 Å². The molecule has 3 rings (SSSR count). The molecular weight excluding hydrogens is 242 g/mol. The first kappa shape index (κ1) is 11.5. The predicted molar refractivity (Wildman–Crippen MR) is 72.7 cm³/mol. The summed E-state index contributed by atoms with van der Waals surface area (Å²) in [6.45, 7) is 2.57. The Morgan fingerprint density at radius 2 is 2.21 bits per heavy atom. The van der Waals surface area contributed by atoms with Crippen LogP contribution in [0.15, 0.2) is 24.5 Å². The van der Waals surface area contributed by atoms with E-state index in [1.807, 2.05) is 32.3 Å². The molecule has 0 radical (unpaired) electrons. The third-order valence-corrected chi connectivity index (χ3v) is 2.98. The van der Waals surface area contributed by atoms with Crippen LogP contribution in [0.5, 0.6) is 0 Å². The highest BCUT2D eigenvalue weighted by Gasteiger charge is 2.07. The molecule has 3 heterocycles. The van der Waals surface area contributed by atoms with Crippen molar-refractivity contribution in [1.82, 2.24) is 24.4 Å². The summed E-state index contributed by atoms with van der Waals surface area (Å²) in [6, 6.07) is 3.94. The zero-order valence-corrected chi connectivity index (χ0v) is 10.8. The Bertz CT molecular complexity index is 725. The van der Waals surface area contributed by atoms with Gasteiger partial charge in [-0.1, -0.05) is 6.07 Å². The summed E-state index contributed by atoms with van der Waals surface area (Å²) in [5.74, 6) is 1.22. The molecule has 19 heavy (non-hydrogen) atoms. The van der Waals surface area contributed by atoms with Crippen molar-refractivity contribution in [2.75, 3.05) is 11.1 Å². The minimum Gasteiger partial charge on any atom is -0.384 e. The van der Waals surface area contributed by atoms with Gasteiger partial charge in [-0.25, -0.2) is 4.52 Å². The first-order valence-corrected chi connectivity index (χ1v) is 5.97. The number of hydrogen-bond acceptors (Lipinski definition) is 5. The topological polar surface area (TPSA) is 86.1 Å². The summed E-state index contributed by atoms with van der Waals surface area (Å²) in [5.41, 5.74) is 8.76. The highest BCUT2D eigenvalue weighted by Crippen LogP contribution is 2.12. The quantitative estimate of drug-likeness (QED) is 0.730. The number of aryl methyl sites for hydroxylation is 2. The first-order valence-electron chi connectivity index (χ1n) is 5.97. The van der Waals surface area contributed by atoms with E-state index in [0.717, 1.165) is 16.8 Å². The fraction of sp³-hybridized carbons (Fsp3) is 0.250. The molecule has 3 N–H and O–H groups in total. The standard InChI is InChI=1S/C12H15N7/c1-8-3-4-10-16-12(17-19(10)7-8)14-5-9-6-15-18(2)11(9)13/h3-4,6-7H,5,13H2,1-2H3,(H,14,17). The van der Waals surface area contributed by atoms with Crippen LogP contribution in [0.1, 0.15) is 11.1 Å². The first-order chi connectivity index (χ1) is 9.13. The van der Waals surface area contributed by atoms with E-state index in [0.29, 0.717) is 18.3 Å². The van der Waals surface area contributed by atoms with Crippen LogP contribution in [0.3, 0.4) is 0 Å². The average molecular weight is 257 g/mol. The highest BCUT2D eigenvalue weighted by atomic mass is 15.3. The molecule has 0 aromatic carbocycles. The number of pyridine rings is 1. The van der Waals surface area contributed by atoms with Gasteiger partial charge in [0.1, 0.15) is 5.82 Å². The van der Waals surface area contributed by atoms with Crippen molar-refractivity contribution in [2.45, 2.75) is 13.5 Å². The van der Waals surface area contributed by atoms with Gasteiger partial charge in [0, 0.05) is 25.4 Å². The lowest BCUT2D eigenvalue weighted by Gasteiger charge is -2.00. The molecule has 98 valence electrons. The predicted octanol–water partition coefficient (Wildman–Crippen LogP) is 0.966. The molecule has 0 aliphatic heterocycles. The molecule has 0 unspecified atom stereocenters. The number of aromatic nitrogens is 5. The molecule has 7 nitrogen and oxygen atoms in total. The number of rotatable bonds is 3. The van der Waals surface area contributed by atoms with Crippen LogP contribution in [0.2, 0.25) is 0 Å². The number of fused-ring (bicyclic) bond motifs is 1. The monoisotopic (exact) mass is 257 g/mol. The van der Waals surface area contributed by atoms with Crippen molar-refractivity contribution in [3.05, 3.63) is 35.7 Å². The van der Waals surface area contributed by atoms with E-state index < -0.39 is 0 Å². The summed E-state index contributed by atoms with van der Waals surface area (Å²) in [6.07, 6.45) is 3.67. The van der Waals surface area contributed by atoms with Gasteiger partial charge in [-0.2, -0.15) is 10.1 Å². The second-order valence-electron chi connectivity index (χ2n) is 4.48. The summed E-state index contributed by atoms with van der Waals surface area (Å²) in [5, 5.41) is 11.6. The number of nitrogens with zero attached hydrogens (tertiary/aromatic N) is 5. The van der Waals surface area contributed by atoms with Crippen LogP contribution >= 0.6 is 0 Å². The third-order valence-electron chi connectivity index (χ3n) is 2.98. The molecule has 3 aromatic rings. The van der Waals surface area contributed by atoms with Crippen molar-refractivity contribution in [1.29, 1.82) is 0 Å². The van der Waals surface area contributed by atoms with E-state index in [1.54, 1.807) is 15.4 Å². The molecule has 7 heteroatoms. The maximum absolute atomic E-state index is 5.88. The lowest BCUT2D eigenvalue weighted by atomic mass is 10.3. The molecule has 0 aliphatic carbocycles. The molecule has 0 amide bonds. The zero-order valence-electron chi connectivity index (χ0n) is 10.8. The van der Waals surface area contributed by atoms with Crippen LogP contribution in [-0.2, 0) is 13.6 Å². The van der Waals surface area contributed by atoms with Crippen LogP contribution in [-0.4, -0.2) is 24.4 Å². The molecule has 0 fully saturated rings. The summed E-state index contributed by atoms with van der Waals surface area (Å²) in [7, 11) is 1.81. The van der Waals surface area contributed by atoms with Gasteiger partial charge < -0.3 is 11.1 Å². The lowest BCUT2D eigenvalue weighted by molar-refractivity contribution is 0.778. The van der Waals surface area contributed by atoms with Gasteiger partial charge in [-0.05, 0) is 18.6 Å². The van der Waals surface area contributed by atoms with E-state index in [-0.39, 0.29) is 0 Å². The van der Waals surface area contributed by atoms with E-state index in [9.17, 15) is 0 Å². The summed E-state index contributed by atoms with van der Waals surface area (Å²) < 4.78 is 3.39. The number of hydrogen-bond donors (Lipinski definition) is 2. The normalized spacial score (nSPS) is 11.1. The largest absolute Gasteiger partial charge is 0.384 e. The highest BCUT2D eigenvalue weighted by molar-refractivity contribution is 5.46. The van der Waals surface area contributed by atoms with Gasteiger partial charge in [0.2, 0.25) is 5.95 Å². The molecule has 0 aliphatic rings. The zero-order chi connectivity index (χ0) is 13.4. The fourth-order valence-electron chi connectivity index (χ4n) is 1.86. The van der Waals surface area contributed by atoms with E-state index in [4.69, 9.17) is 5.73 Å². The number of nitrogen functional groups attached to an aromatic ring is 1. The van der Waals surface area contributed by atoms with Crippen molar-refractivity contribution in [2.24, 2.45) is 7.05 Å². The summed E-state index contributed by atoms with van der Waals surface area (Å²) in [4.78, 5) is 4.38. The Hall–Kier alpha value is -2.57. The fourth-order valence-corrected chi connectivity index (χ4v) is 1.86.